The van der Waals surface area contributed by atoms with Crippen molar-refractivity contribution in [3.05, 3.63) is 59.0 Å². The van der Waals surface area contributed by atoms with E-state index in [9.17, 15) is 4.91 Å². The van der Waals surface area contributed by atoms with Gasteiger partial charge < -0.3 is 0 Å². The Labute approximate surface area is 102 Å². The molecule has 0 radical (unpaired) electrons. The van der Waals surface area contributed by atoms with Gasteiger partial charge in [-0.25, -0.2) is 0 Å². The summed E-state index contributed by atoms with van der Waals surface area (Å²) in [7, 11) is 0. The number of hydrogen-bond donors (Lipinski definition) is 0. The van der Waals surface area contributed by atoms with Crippen LogP contribution in [0.15, 0.2) is 48.2 Å². The Morgan fingerprint density at radius 3 is 2.53 bits per heavy atom. The van der Waals surface area contributed by atoms with Gasteiger partial charge in [0.15, 0.2) is 0 Å². The van der Waals surface area contributed by atoms with Crippen LogP contribution in [0.5, 0.6) is 0 Å². The molecule has 0 saturated carbocycles. The highest BCUT2D eigenvalue weighted by Gasteiger charge is 2.01. The predicted octanol–water partition coefficient (Wildman–Crippen LogP) is 4.91. The fourth-order valence-corrected chi connectivity index (χ4v) is 1.66. The molecule has 0 aromatic heterocycles. The molecule has 0 N–H and O–H groups in total. The zero-order valence-corrected chi connectivity index (χ0v) is 10.5. The Morgan fingerprint density at radius 2 is 1.88 bits per heavy atom. The van der Waals surface area contributed by atoms with Crippen LogP contribution in [-0.2, 0) is 0 Å². The number of hydrogen-bond acceptors (Lipinski definition) is 2. The standard InChI is InChI=1S/C13H11NO.C2H6/c1-9-4-3-5-11-6-7-12(8-13(9)11)10(2)14-15;1-2/h3-8H,2H2,1H3;1-2H3. The first-order valence-electron chi connectivity index (χ1n) is 5.74. The van der Waals surface area contributed by atoms with Gasteiger partial charge in [0.05, 0.1) is 0 Å². The van der Waals surface area contributed by atoms with E-state index in [-0.39, 0.29) is 5.70 Å². The molecule has 2 nitrogen and oxygen atoms in total. The fourth-order valence-electron chi connectivity index (χ4n) is 1.66. The molecule has 2 rings (SSSR count). The highest BCUT2D eigenvalue weighted by atomic mass is 16.3. The van der Waals surface area contributed by atoms with Crippen molar-refractivity contribution in [3.8, 4) is 0 Å². The number of nitrogens with zero attached hydrogens (tertiary/aromatic N) is 1. The maximum absolute atomic E-state index is 10.4. The molecule has 17 heavy (non-hydrogen) atoms. The molecule has 0 aliphatic carbocycles. The molecule has 0 fully saturated rings. The van der Waals surface area contributed by atoms with Gasteiger partial charge in [0.2, 0.25) is 0 Å². The molecule has 0 saturated heterocycles. The van der Waals surface area contributed by atoms with Crippen LogP contribution in [0.1, 0.15) is 25.0 Å². The molecule has 2 aromatic carbocycles. The monoisotopic (exact) mass is 227 g/mol. The first kappa shape index (κ1) is 13.1. The molecule has 0 heterocycles. The lowest BCUT2D eigenvalue weighted by molar-refractivity contribution is 1.49. The first-order valence-corrected chi connectivity index (χ1v) is 5.74. The second-order valence-corrected chi connectivity index (χ2v) is 3.55. The Hall–Kier alpha value is -1.96. The second-order valence-electron chi connectivity index (χ2n) is 3.55. The summed E-state index contributed by atoms with van der Waals surface area (Å²) in [6.45, 7) is 9.65. The van der Waals surface area contributed by atoms with Gasteiger partial charge in [-0.2, -0.15) is 0 Å². The normalized spacial score (nSPS) is 9.35. The van der Waals surface area contributed by atoms with Gasteiger partial charge in [0, 0.05) is 5.56 Å². The Kier molecular flexibility index (Phi) is 4.58. The van der Waals surface area contributed by atoms with Gasteiger partial charge in [-0.05, 0) is 34.5 Å². The molecule has 2 aromatic rings. The maximum atomic E-state index is 10.4. The number of aryl methyl sites for hydroxylation is 1. The SMILES string of the molecule is C=C(N=O)c1ccc2cccc(C)c2c1.CC. The second kappa shape index (κ2) is 5.94. The van der Waals surface area contributed by atoms with E-state index in [1.54, 1.807) is 0 Å². The van der Waals surface area contributed by atoms with Crippen LogP contribution in [0.3, 0.4) is 0 Å². The lowest BCUT2D eigenvalue weighted by Crippen LogP contribution is -1.82. The summed E-state index contributed by atoms with van der Waals surface area (Å²) in [6, 6.07) is 11.9. The third-order valence-corrected chi connectivity index (χ3v) is 2.54. The molecule has 0 unspecified atom stereocenters. The number of nitroso groups, excluding NO2 is 1. The highest BCUT2D eigenvalue weighted by Crippen LogP contribution is 2.23. The third kappa shape index (κ3) is 2.78. The Morgan fingerprint density at radius 1 is 1.18 bits per heavy atom. The summed E-state index contributed by atoms with van der Waals surface area (Å²) < 4.78 is 0. The number of fused-ring (bicyclic) bond motifs is 1. The largest absolute Gasteiger partial charge is 0.145 e. The topological polar surface area (TPSA) is 29.4 Å². The van der Waals surface area contributed by atoms with E-state index >= 15 is 0 Å². The van der Waals surface area contributed by atoms with Crippen molar-refractivity contribution in [2.75, 3.05) is 0 Å². The minimum atomic E-state index is 0.278. The van der Waals surface area contributed by atoms with E-state index in [0.717, 1.165) is 16.3 Å². The maximum Gasteiger partial charge on any atom is 0.108 e. The molecular weight excluding hydrogens is 210 g/mol. The minimum Gasteiger partial charge on any atom is -0.145 e. The Balaban J connectivity index is 0.000000686. The van der Waals surface area contributed by atoms with E-state index in [2.05, 4.69) is 11.8 Å². The van der Waals surface area contributed by atoms with E-state index in [1.165, 1.54) is 5.56 Å². The third-order valence-electron chi connectivity index (χ3n) is 2.54. The van der Waals surface area contributed by atoms with Crippen LogP contribution < -0.4 is 0 Å². The van der Waals surface area contributed by atoms with E-state index < -0.39 is 0 Å². The lowest BCUT2D eigenvalue weighted by Gasteiger charge is -2.04. The van der Waals surface area contributed by atoms with Gasteiger partial charge in [0.1, 0.15) is 5.70 Å². The molecule has 0 bridgehead atoms. The van der Waals surface area contributed by atoms with Crippen LogP contribution in [0.2, 0.25) is 0 Å². The Bertz CT molecular complexity index is 544. The van der Waals surface area contributed by atoms with E-state index in [1.807, 2.05) is 57.2 Å². The zero-order valence-electron chi connectivity index (χ0n) is 10.5. The summed E-state index contributed by atoms with van der Waals surface area (Å²) in [6.07, 6.45) is 0. The van der Waals surface area contributed by atoms with E-state index in [4.69, 9.17) is 0 Å². The summed E-state index contributed by atoms with van der Waals surface area (Å²) in [4.78, 5) is 10.4. The number of rotatable bonds is 2. The summed E-state index contributed by atoms with van der Waals surface area (Å²) >= 11 is 0. The van der Waals surface area contributed by atoms with Crippen molar-refractivity contribution in [2.45, 2.75) is 20.8 Å². The van der Waals surface area contributed by atoms with Gasteiger partial charge in [-0.1, -0.05) is 50.8 Å². The van der Waals surface area contributed by atoms with Gasteiger partial charge in [-0.15, -0.1) is 4.91 Å². The minimum absolute atomic E-state index is 0.278. The molecule has 0 spiro atoms. The quantitative estimate of drug-likeness (QED) is 0.670. The highest BCUT2D eigenvalue weighted by molar-refractivity contribution is 5.88. The van der Waals surface area contributed by atoms with Crippen molar-refractivity contribution in [2.24, 2.45) is 5.18 Å². The van der Waals surface area contributed by atoms with Crippen LogP contribution in [0, 0.1) is 11.8 Å². The lowest BCUT2D eigenvalue weighted by atomic mass is 10.0. The summed E-state index contributed by atoms with van der Waals surface area (Å²) in [5.41, 5.74) is 2.25. The van der Waals surface area contributed by atoms with Crippen molar-refractivity contribution >= 4 is 16.5 Å². The van der Waals surface area contributed by atoms with Gasteiger partial charge >= 0.3 is 0 Å². The van der Waals surface area contributed by atoms with Crippen LogP contribution in [0.4, 0.5) is 0 Å². The average molecular weight is 227 g/mol. The molecule has 88 valence electrons. The van der Waals surface area contributed by atoms with Crippen molar-refractivity contribution in [1.29, 1.82) is 0 Å². The molecule has 0 amide bonds. The van der Waals surface area contributed by atoms with Crippen LogP contribution >= 0.6 is 0 Å². The summed E-state index contributed by atoms with van der Waals surface area (Å²) in [5, 5.41) is 5.15. The summed E-state index contributed by atoms with van der Waals surface area (Å²) in [5.74, 6) is 0. The zero-order chi connectivity index (χ0) is 12.8. The predicted molar refractivity (Wildman–Crippen MR) is 74.9 cm³/mol. The molecule has 2 heteroatoms. The molecule has 0 aliphatic rings. The van der Waals surface area contributed by atoms with Crippen molar-refractivity contribution in [1.82, 2.24) is 0 Å². The average Bonchev–Trinajstić information content (AvgIpc) is 2.40. The van der Waals surface area contributed by atoms with Gasteiger partial charge in [-0.3, -0.25) is 0 Å². The first-order chi connectivity index (χ1) is 8.22. The van der Waals surface area contributed by atoms with Crippen molar-refractivity contribution in [3.63, 3.8) is 0 Å². The van der Waals surface area contributed by atoms with Crippen LogP contribution in [0.25, 0.3) is 16.5 Å². The smallest absolute Gasteiger partial charge is 0.108 e. The van der Waals surface area contributed by atoms with Crippen molar-refractivity contribution < 1.29 is 0 Å². The van der Waals surface area contributed by atoms with Crippen LogP contribution in [-0.4, -0.2) is 0 Å². The molecular formula is C15H17NO. The number of benzene rings is 2. The molecule has 0 atom stereocenters. The van der Waals surface area contributed by atoms with Gasteiger partial charge in [0.25, 0.3) is 0 Å². The fraction of sp³-hybridized carbons (Fsp3) is 0.200. The molecule has 0 aliphatic heterocycles. The van der Waals surface area contributed by atoms with E-state index in [0.29, 0.717) is 0 Å².